The van der Waals surface area contributed by atoms with Gasteiger partial charge in [0.1, 0.15) is 0 Å². The van der Waals surface area contributed by atoms with E-state index in [9.17, 15) is 9.59 Å². The summed E-state index contributed by atoms with van der Waals surface area (Å²) in [6.07, 6.45) is 0.482. The maximum Gasteiger partial charge on any atom is 0.255 e. The summed E-state index contributed by atoms with van der Waals surface area (Å²) in [6, 6.07) is 14.7. The van der Waals surface area contributed by atoms with Crippen LogP contribution in [0.3, 0.4) is 0 Å². The lowest BCUT2D eigenvalue weighted by atomic mass is 10.1. The SMILES string of the molecule is Cc1nc(CSc2ccc(C(=O)Nc3ccc(NC(=O)CC(C)C)cc3)cc2)cs1. The molecule has 5 nitrogen and oxygen atoms in total. The zero-order chi connectivity index (χ0) is 21.5. The number of nitrogens with zero attached hydrogens (tertiary/aromatic N) is 1. The molecule has 2 aromatic carbocycles. The second kappa shape index (κ2) is 10.4. The van der Waals surface area contributed by atoms with Gasteiger partial charge in [0.25, 0.3) is 5.91 Å². The highest BCUT2D eigenvalue weighted by Gasteiger charge is 2.08. The highest BCUT2D eigenvalue weighted by molar-refractivity contribution is 7.98. The quantitative estimate of drug-likeness (QED) is 0.424. The molecule has 0 bridgehead atoms. The second-order valence-corrected chi connectivity index (χ2v) is 9.46. The fourth-order valence-corrected chi connectivity index (χ4v) is 4.27. The third-order valence-corrected chi connectivity index (χ3v) is 6.06. The summed E-state index contributed by atoms with van der Waals surface area (Å²) in [6.45, 7) is 6.01. The molecule has 0 spiro atoms. The molecule has 0 aliphatic heterocycles. The van der Waals surface area contributed by atoms with E-state index in [1.807, 2.05) is 45.0 Å². The predicted molar refractivity (Wildman–Crippen MR) is 125 cm³/mol. The van der Waals surface area contributed by atoms with Crippen LogP contribution in [0.4, 0.5) is 11.4 Å². The molecule has 0 fully saturated rings. The molecule has 1 heterocycles. The highest BCUT2D eigenvalue weighted by atomic mass is 32.2. The first-order valence-electron chi connectivity index (χ1n) is 9.74. The standard InChI is InChI=1S/C23H25N3O2S2/c1-15(2)12-22(27)25-18-6-8-19(9-7-18)26-23(28)17-4-10-21(11-5-17)30-14-20-13-29-16(3)24-20/h4-11,13,15H,12,14H2,1-3H3,(H,25,27)(H,26,28). The minimum atomic E-state index is -0.168. The van der Waals surface area contributed by atoms with Gasteiger partial charge in [-0.15, -0.1) is 23.1 Å². The molecule has 0 unspecified atom stereocenters. The summed E-state index contributed by atoms with van der Waals surface area (Å²) in [5, 5.41) is 8.89. The Balaban J connectivity index is 1.52. The summed E-state index contributed by atoms with van der Waals surface area (Å²) in [5.74, 6) is 0.948. The van der Waals surface area contributed by atoms with Crippen molar-refractivity contribution in [1.82, 2.24) is 4.98 Å². The van der Waals surface area contributed by atoms with Gasteiger partial charge in [0.05, 0.1) is 10.7 Å². The van der Waals surface area contributed by atoms with E-state index in [2.05, 4.69) is 21.0 Å². The summed E-state index contributed by atoms with van der Waals surface area (Å²) in [4.78, 5) is 29.9. The van der Waals surface area contributed by atoms with Gasteiger partial charge in [0, 0.05) is 39.4 Å². The maximum absolute atomic E-state index is 12.5. The van der Waals surface area contributed by atoms with Crippen molar-refractivity contribution < 1.29 is 9.59 Å². The number of carbonyl (C=O) groups excluding carboxylic acids is 2. The third kappa shape index (κ3) is 6.71. The number of thioether (sulfide) groups is 1. The van der Waals surface area contributed by atoms with Crippen LogP contribution in [-0.2, 0) is 10.5 Å². The molecule has 0 atom stereocenters. The average Bonchev–Trinajstić information content (AvgIpc) is 3.13. The number of aromatic nitrogens is 1. The predicted octanol–water partition coefficient (Wildman–Crippen LogP) is 5.98. The maximum atomic E-state index is 12.5. The first kappa shape index (κ1) is 22.1. The molecule has 2 N–H and O–H groups in total. The molecule has 1 aromatic heterocycles. The molecule has 7 heteroatoms. The van der Waals surface area contributed by atoms with Gasteiger partial charge in [-0.1, -0.05) is 13.8 Å². The van der Waals surface area contributed by atoms with Crippen LogP contribution in [0.25, 0.3) is 0 Å². The Morgan fingerprint density at radius 3 is 2.20 bits per heavy atom. The number of carbonyl (C=O) groups is 2. The van der Waals surface area contributed by atoms with Crippen LogP contribution in [0.2, 0.25) is 0 Å². The van der Waals surface area contributed by atoms with Crippen LogP contribution in [0.15, 0.2) is 58.8 Å². The van der Waals surface area contributed by atoms with Crippen molar-refractivity contribution in [1.29, 1.82) is 0 Å². The zero-order valence-electron chi connectivity index (χ0n) is 17.3. The van der Waals surface area contributed by atoms with E-state index in [0.717, 1.165) is 27.0 Å². The van der Waals surface area contributed by atoms with Crippen molar-refractivity contribution in [2.45, 2.75) is 37.8 Å². The van der Waals surface area contributed by atoms with Gasteiger partial charge in [-0.3, -0.25) is 9.59 Å². The Morgan fingerprint density at radius 1 is 1.00 bits per heavy atom. The summed E-state index contributed by atoms with van der Waals surface area (Å²) >= 11 is 3.35. The van der Waals surface area contributed by atoms with Crippen molar-refractivity contribution in [2.24, 2.45) is 5.92 Å². The van der Waals surface area contributed by atoms with Crippen molar-refractivity contribution in [3.63, 3.8) is 0 Å². The van der Waals surface area contributed by atoms with Crippen LogP contribution >= 0.6 is 23.1 Å². The topological polar surface area (TPSA) is 71.1 Å². The number of benzene rings is 2. The third-order valence-electron chi connectivity index (χ3n) is 4.19. The molecule has 156 valence electrons. The smallest absolute Gasteiger partial charge is 0.255 e. The average molecular weight is 440 g/mol. The monoisotopic (exact) mass is 439 g/mol. The minimum Gasteiger partial charge on any atom is -0.326 e. The molecule has 3 rings (SSSR count). The fraction of sp³-hybridized carbons (Fsp3) is 0.261. The summed E-state index contributed by atoms with van der Waals surface area (Å²) in [7, 11) is 0. The first-order valence-corrected chi connectivity index (χ1v) is 11.6. The molecule has 0 aliphatic carbocycles. The van der Waals surface area contributed by atoms with Crippen LogP contribution in [0.1, 0.15) is 41.3 Å². The van der Waals surface area contributed by atoms with E-state index < -0.39 is 0 Å². The first-order chi connectivity index (χ1) is 14.4. The van der Waals surface area contributed by atoms with E-state index in [1.165, 1.54) is 0 Å². The van der Waals surface area contributed by atoms with E-state index in [0.29, 0.717) is 23.6 Å². The highest BCUT2D eigenvalue weighted by Crippen LogP contribution is 2.24. The van der Waals surface area contributed by atoms with Crippen molar-refractivity contribution in [2.75, 3.05) is 10.6 Å². The van der Waals surface area contributed by atoms with E-state index in [4.69, 9.17) is 0 Å². The Kier molecular flexibility index (Phi) is 7.65. The number of rotatable bonds is 8. The summed E-state index contributed by atoms with van der Waals surface area (Å²) in [5.41, 5.74) is 3.07. The molecule has 3 aromatic rings. The van der Waals surface area contributed by atoms with Crippen molar-refractivity contribution in [3.05, 3.63) is 70.2 Å². The number of nitrogens with one attached hydrogen (secondary N) is 2. The van der Waals surface area contributed by atoms with Gasteiger partial charge in [0.15, 0.2) is 0 Å². The van der Waals surface area contributed by atoms with Crippen molar-refractivity contribution in [3.8, 4) is 0 Å². The molecule has 2 amide bonds. The number of hydrogen-bond acceptors (Lipinski definition) is 5. The zero-order valence-corrected chi connectivity index (χ0v) is 18.9. The lowest BCUT2D eigenvalue weighted by molar-refractivity contribution is -0.116. The van der Waals surface area contributed by atoms with E-state index in [-0.39, 0.29) is 11.8 Å². The van der Waals surface area contributed by atoms with E-state index >= 15 is 0 Å². The normalized spacial score (nSPS) is 10.8. The fourth-order valence-electron chi connectivity index (χ4n) is 2.76. The lowest BCUT2D eigenvalue weighted by Gasteiger charge is -2.09. The summed E-state index contributed by atoms with van der Waals surface area (Å²) < 4.78 is 0. The van der Waals surface area contributed by atoms with Crippen LogP contribution < -0.4 is 10.6 Å². The molecule has 0 saturated carbocycles. The Morgan fingerprint density at radius 2 is 1.63 bits per heavy atom. The number of aryl methyl sites for hydroxylation is 1. The van der Waals surface area contributed by atoms with Gasteiger partial charge in [-0.2, -0.15) is 0 Å². The number of hydrogen-bond donors (Lipinski definition) is 2. The van der Waals surface area contributed by atoms with Crippen LogP contribution in [0.5, 0.6) is 0 Å². The largest absolute Gasteiger partial charge is 0.326 e. The van der Waals surface area contributed by atoms with Gasteiger partial charge < -0.3 is 10.6 Å². The van der Waals surface area contributed by atoms with E-state index in [1.54, 1.807) is 47.4 Å². The number of amides is 2. The second-order valence-electron chi connectivity index (χ2n) is 7.35. The molecular formula is C23H25N3O2S2. The Labute approximate surface area is 185 Å². The molecular weight excluding hydrogens is 414 g/mol. The van der Waals surface area contributed by atoms with Gasteiger partial charge in [-0.25, -0.2) is 4.98 Å². The molecule has 30 heavy (non-hydrogen) atoms. The molecule has 0 aliphatic rings. The molecule has 0 saturated heterocycles. The van der Waals surface area contributed by atoms with Crippen LogP contribution in [-0.4, -0.2) is 16.8 Å². The number of anilines is 2. The van der Waals surface area contributed by atoms with Crippen LogP contribution in [0, 0.1) is 12.8 Å². The molecule has 0 radical (unpaired) electrons. The van der Waals surface area contributed by atoms with Gasteiger partial charge in [0.2, 0.25) is 5.91 Å². The minimum absolute atomic E-state index is 0.00957. The lowest BCUT2D eigenvalue weighted by Crippen LogP contribution is -2.14. The Bertz CT molecular complexity index is 996. The number of thiazole rings is 1. The van der Waals surface area contributed by atoms with Gasteiger partial charge in [-0.05, 0) is 61.4 Å². The van der Waals surface area contributed by atoms with Crippen molar-refractivity contribution >= 4 is 46.3 Å². The Hall–Kier alpha value is -2.64. The van der Waals surface area contributed by atoms with Gasteiger partial charge >= 0.3 is 0 Å².